The lowest BCUT2D eigenvalue weighted by molar-refractivity contribution is -0.265. The molecule has 0 aromatic heterocycles. The first-order valence-electron chi connectivity index (χ1n) is 14.6. The number of carbonyl (C=O) groups is 2. The van der Waals surface area contributed by atoms with Gasteiger partial charge in [-0.25, -0.2) is 0 Å². The Labute approximate surface area is 243 Å². The zero-order chi connectivity index (χ0) is 29.7. The van der Waals surface area contributed by atoms with Crippen molar-refractivity contribution < 1.29 is 38.7 Å². The molecule has 2 fully saturated rings. The fourth-order valence-electron chi connectivity index (χ4n) is 5.62. The average molecular weight is 569 g/mol. The number of hydrogen-bond acceptors (Lipinski definition) is 8. The lowest BCUT2D eigenvalue weighted by Crippen LogP contribution is -2.49. The summed E-state index contributed by atoms with van der Waals surface area (Å²) in [5.74, 6) is -1.44. The van der Waals surface area contributed by atoms with E-state index in [1.165, 1.54) is 6.08 Å². The molecule has 4 heterocycles. The number of epoxide rings is 1. The maximum absolute atomic E-state index is 13.1. The van der Waals surface area contributed by atoms with Gasteiger partial charge >= 0.3 is 5.97 Å². The molecule has 4 aliphatic rings. The molecule has 0 aliphatic carbocycles. The Kier molecular flexibility index (Phi) is 10.4. The first-order valence-corrected chi connectivity index (χ1v) is 14.6. The molecule has 8 heteroatoms. The van der Waals surface area contributed by atoms with Gasteiger partial charge in [-0.2, -0.15) is 0 Å². The fraction of sp³-hybridized carbons (Fsp3) is 0.576. The molecule has 0 aromatic rings. The summed E-state index contributed by atoms with van der Waals surface area (Å²) in [5.41, 5.74) is 1.82. The molecule has 2 N–H and O–H groups in total. The number of carbonyl (C=O) groups excluding carboxylic acids is 2. The molecule has 0 unspecified atom stereocenters. The number of aliphatic hydroxyl groups is 2. The van der Waals surface area contributed by atoms with E-state index in [0.29, 0.717) is 24.2 Å². The third-order valence-electron chi connectivity index (χ3n) is 8.44. The van der Waals surface area contributed by atoms with Crippen LogP contribution in [0.1, 0.15) is 60.3 Å². The van der Waals surface area contributed by atoms with E-state index in [9.17, 15) is 19.8 Å². The quantitative estimate of drug-likeness (QED) is 0.286. The minimum atomic E-state index is -1.29. The maximum atomic E-state index is 13.1. The van der Waals surface area contributed by atoms with Crippen molar-refractivity contribution in [1.29, 1.82) is 0 Å². The Hall–Kier alpha value is -2.62. The molecule has 8 nitrogen and oxygen atoms in total. The Bertz CT molecular complexity index is 1160. The van der Waals surface area contributed by atoms with Crippen LogP contribution in [0.5, 0.6) is 0 Å². The van der Waals surface area contributed by atoms with E-state index in [0.717, 1.165) is 18.4 Å². The van der Waals surface area contributed by atoms with Crippen LogP contribution < -0.4 is 0 Å². The van der Waals surface area contributed by atoms with Crippen molar-refractivity contribution in [2.24, 2.45) is 11.8 Å². The molecule has 4 aliphatic heterocycles. The van der Waals surface area contributed by atoms with E-state index in [2.05, 4.69) is 6.92 Å². The number of aliphatic hydroxyl groups excluding tert-OH is 2. The summed E-state index contributed by atoms with van der Waals surface area (Å²) in [5, 5.41) is 21.0. The van der Waals surface area contributed by atoms with Crippen LogP contribution in [0.25, 0.3) is 0 Å². The van der Waals surface area contributed by atoms with Gasteiger partial charge in [-0.1, -0.05) is 55.9 Å². The number of Topliss-reactive ketones (excluding diaryl/α,β-unsaturated/α-hetero) is 1. The van der Waals surface area contributed by atoms with Crippen LogP contribution in [0.3, 0.4) is 0 Å². The number of cyclic esters (lactones) is 1. The minimum absolute atomic E-state index is 0.0246. The zero-order valence-corrected chi connectivity index (χ0v) is 24.7. The van der Waals surface area contributed by atoms with Crippen LogP contribution in [-0.2, 0) is 28.5 Å². The first-order chi connectivity index (χ1) is 19.5. The van der Waals surface area contributed by atoms with Crippen molar-refractivity contribution in [3.63, 3.8) is 0 Å². The second kappa shape index (κ2) is 13.6. The van der Waals surface area contributed by atoms with E-state index >= 15 is 0 Å². The highest BCUT2D eigenvalue weighted by molar-refractivity contribution is 5.99. The van der Waals surface area contributed by atoms with Crippen molar-refractivity contribution in [2.45, 2.75) is 103 Å². The van der Waals surface area contributed by atoms with E-state index < -0.39 is 35.9 Å². The number of allylic oxidation sites excluding steroid dienone is 4. The standard InChI is InChI=1S/C33H44O8/c1-20-8-6-9-22(3)31(37)25(34)11-12-27-29(39-27)19-28(40-30(36)13-10-21(2)26(35)18-20)24(5)32-23(4)14-16-33(41-32)15-7-17-38-33/h6-12,15,18,23-29,32,34-35H,13-14,16-17,19H2,1-5H3/b8-6+,12-11+,20-18+,21-10+,22-9-/t23-,24+,25+,26-,27-,28+,29-,32-,33-/m1/s1. The molecule has 2 saturated heterocycles. The normalized spacial score (nSPS) is 43.4. The third-order valence-corrected chi connectivity index (χ3v) is 8.44. The van der Waals surface area contributed by atoms with Gasteiger partial charge in [0.2, 0.25) is 0 Å². The van der Waals surface area contributed by atoms with Crippen LogP contribution in [-0.4, -0.2) is 71.0 Å². The van der Waals surface area contributed by atoms with Crippen molar-refractivity contribution in [1.82, 2.24) is 0 Å². The smallest absolute Gasteiger partial charge is 0.309 e. The molecule has 4 rings (SSSR count). The summed E-state index contributed by atoms with van der Waals surface area (Å²) < 4.78 is 24.3. The van der Waals surface area contributed by atoms with Gasteiger partial charge in [0.25, 0.3) is 0 Å². The Morgan fingerprint density at radius 2 is 1.88 bits per heavy atom. The lowest BCUT2D eigenvalue weighted by Gasteiger charge is -2.44. The topological polar surface area (TPSA) is 115 Å². The summed E-state index contributed by atoms with van der Waals surface area (Å²) in [6.07, 6.45) is 14.4. The third kappa shape index (κ3) is 8.23. The largest absolute Gasteiger partial charge is 0.462 e. The number of hydrogen-bond donors (Lipinski definition) is 2. The monoisotopic (exact) mass is 568 g/mol. The maximum Gasteiger partial charge on any atom is 0.309 e. The summed E-state index contributed by atoms with van der Waals surface area (Å²) >= 11 is 0. The SMILES string of the molecule is C/C1=C/C=C/C(C)=C/[C@@H](O)/C(C)=C/CC(=O)O[C@H]([C@H](C)[C@@H]2O[C@]3(C=CCO3)CC[C@H]2C)C[C@H]2O[C@@H]2/C=C/[C@H](O)C1=O. The van der Waals surface area contributed by atoms with Crippen LogP contribution >= 0.6 is 0 Å². The minimum Gasteiger partial charge on any atom is -0.462 e. The second-order valence-electron chi connectivity index (χ2n) is 11.8. The molecule has 224 valence electrons. The molecule has 0 aromatic carbocycles. The summed E-state index contributed by atoms with van der Waals surface area (Å²) in [6.45, 7) is 9.95. The zero-order valence-electron chi connectivity index (χ0n) is 24.7. The predicted molar refractivity (Wildman–Crippen MR) is 155 cm³/mol. The molecule has 0 amide bonds. The van der Waals surface area contributed by atoms with Gasteiger partial charge in [0.05, 0.1) is 31.3 Å². The number of ketones is 1. The van der Waals surface area contributed by atoms with E-state index in [4.69, 9.17) is 18.9 Å². The summed E-state index contributed by atoms with van der Waals surface area (Å²) in [4.78, 5) is 25.7. The van der Waals surface area contributed by atoms with Gasteiger partial charge in [0.1, 0.15) is 18.3 Å². The van der Waals surface area contributed by atoms with Gasteiger partial charge in [0, 0.05) is 18.8 Å². The van der Waals surface area contributed by atoms with Gasteiger partial charge in [-0.05, 0) is 62.5 Å². The highest BCUT2D eigenvalue weighted by Crippen LogP contribution is 2.42. The Morgan fingerprint density at radius 3 is 2.61 bits per heavy atom. The highest BCUT2D eigenvalue weighted by atomic mass is 16.7. The molecule has 0 bridgehead atoms. The van der Waals surface area contributed by atoms with Crippen LogP contribution in [0, 0.1) is 11.8 Å². The lowest BCUT2D eigenvalue weighted by atomic mass is 9.81. The predicted octanol–water partition coefficient (Wildman–Crippen LogP) is 4.44. The Morgan fingerprint density at radius 1 is 1.10 bits per heavy atom. The fourth-order valence-corrected chi connectivity index (χ4v) is 5.62. The number of ether oxygens (including phenoxy) is 4. The highest BCUT2D eigenvalue weighted by Gasteiger charge is 2.47. The second-order valence-corrected chi connectivity index (χ2v) is 11.8. The van der Waals surface area contributed by atoms with E-state index in [-0.39, 0.29) is 36.6 Å². The molecular formula is C33H44O8. The van der Waals surface area contributed by atoms with Crippen LogP contribution in [0.15, 0.2) is 71.4 Å². The molecular weight excluding hydrogens is 524 g/mol. The van der Waals surface area contributed by atoms with Gasteiger partial charge in [-0.15, -0.1) is 0 Å². The first kappa shape index (κ1) is 31.3. The van der Waals surface area contributed by atoms with Crippen LogP contribution in [0.2, 0.25) is 0 Å². The Balaban J connectivity index is 1.56. The molecule has 0 radical (unpaired) electrons. The van der Waals surface area contributed by atoms with Crippen molar-refractivity contribution >= 4 is 11.8 Å². The molecule has 41 heavy (non-hydrogen) atoms. The van der Waals surface area contributed by atoms with Crippen molar-refractivity contribution in [3.8, 4) is 0 Å². The number of fused-ring (bicyclic) bond motifs is 1. The molecule has 1 spiro atoms. The van der Waals surface area contributed by atoms with Crippen molar-refractivity contribution in [3.05, 3.63) is 71.4 Å². The van der Waals surface area contributed by atoms with Crippen LogP contribution in [0.4, 0.5) is 0 Å². The van der Waals surface area contributed by atoms with E-state index in [1.54, 1.807) is 50.3 Å². The number of rotatable bonds is 2. The number of esters is 1. The molecule has 0 saturated carbocycles. The van der Waals surface area contributed by atoms with Gasteiger partial charge in [0.15, 0.2) is 11.6 Å². The van der Waals surface area contributed by atoms with E-state index in [1.807, 2.05) is 26.0 Å². The van der Waals surface area contributed by atoms with Crippen molar-refractivity contribution in [2.75, 3.05) is 6.61 Å². The molecule has 9 atom stereocenters. The summed E-state index contributed by atoms with van der Waals surface area (Å²) in [6, 6.07) is 0. The van der Waals surface area contributed by atoms with Gasteiger partial charge < -0.3 is 29.2 Å². The average Bonchev–Trinajstić information content (AvgIpc) is 3.53. The summed E-state index contributed by atoms with van der Waals surface area (Å²) in [7, 11) is 0. The van der Waals surface area contributed by atoms with Gasteiger partial charge in [-0.3, -0.25) is 9.59 Å².